The Kier molecular flexibility index (Phi) is 6.23. The molecule has 0 saturated carbocycles. The smallest absolute Gasteiger partial charge is 0.347 e. The molecular weight excluding hydrogens is 233 g/mol. The maximum absolute atomic E-state index is 12.4. The Balaban J connectivity index is 5.02. The fourth-order valence-electron chi connectivity index (χ4n) is 1.12. The van der Waals surface area contributed by atoms with Crippen molar-refractivity contribution in [3.8, 4) is 0 Å². The van der Waals surface area contributed by atoms with Crippen LogP contribution in [0.25, 0.3) is 0 Å². The maximum atomic E-state index is 12.4. The summed E-state index contributed by atoms with van der Waals surface area (Å²) in [5.41, 5.74) is 0. The highest BCUT2D eigenvalue weighted by atomic mass is 31.2. The van der Waals surface area contributed by atoms with Gasteiger partial charge in [0, 0.05) is 0 Å². The van der Waals surface area contributed by atoms with Gasteiger partial charge in [0.2, 0.25) is 0 Å². The van der Waals surface area contributed by atoms with E-state index in [-0.39, 0.29) is 19.8 Å². The molecule has 16 heavy (non-hydrogen) atoms. The van der Waals surface area contributed by atoms with Crippen molar-refractivity contribution in [1.82, 2.24) is 0 Å². The van der Waals surface area contributed by atoms with Gasteiger partial charge in [-0.2, -0.15) is 0 Å². The lowest BCUT2D eigenvalue weighted by molar-refractivity contribution is -0.146. The Morgan fingerprint density at radius 1 is 1.06 bits per heavy atom. The molecule has 0 saturated heterocycles. The first-order chi connectivity index (χ1) is 7.35. The van der Waals surface area contributed by atoms with E-state index in [4.69, 9.17) is 13.8 Å². The highest BCUT2D eigenvalue weighted by molar-refractivity contribution is 7.56. The predicted octanol–water partition coefficient (Wildman–Crippen LogP) is 2.59. The molecule has 0 bridgehead atoms. The van der Waals surface area contributed by atoms with Crippen molar-refractivity contribution >= 4 is 13.6 Å². The van der Waals surface area contributed by atoms with Crippen molar-refractivity contribution in [2.24, 2.45) is 0 Å². The molecule has 0 atom stereocenters. The summed E-state index contributed by atoms with van der Waals surface area (Å²) in [6, 6.07) is 0. The Morgan fingerprint density at radius 2 is 1.50 bits per heavy atom. The lowest BCUT2D eigenvalue weighted by Gasteiger charge is -2.30. The van der Waals surface area contributed by atoms with Crippen LogP contribution in [0.4, 0.5) is 0 Å². The van der Waals surface area contributed by atoms with Crippen LogP contribution in [-0.2, 0) is 23.1 Å². The molecule has 0 fully saturated rings. The maximum Gasteiger partial charge on any atom is 0.347 e. The van der Waals surface area contributed by atoms with Gasteiger partial charge in [-0.15, -0.1) is 0 Å². The largest absolute Gasteiger partial charge is 0.465 e. The van der Waals surface area contributed by atoms with E-state index >= 15 is 0 Å². The van der Waals surface area contributed by atoms with Crippen LogP contribution < -0.4 is 0 Å². The van der Waals surface area contributed by atoms with Crippen molar-refractivity contribution < 1.29 is 23.1 Å². The summed E-state index contributed by atoms with van der Waals surface area (Å²) in [6.45, 7) is 8.80. The van der Waals surface area contributed by atoms with Gasteiger partial charge in [-0.25, -0.2) is 0 Å². The van der Waals surface area contributed by atoms with Gasteiger partial charge in [0.15, 0.2) is 5.16 Å². The molecule has 0 unspecified atom stereocenters. The molecule has 96 valence electrons. The summed E-state index contributed by atoms with van der Waals surface area (Å²) in [6.07, 6.45) is 0. The lowest BCUT2D eigenvalue weighted by atomic mass is 10.8. The lowest BCUT2D eigenvalue weighted by Crippen LogP contribution is -2.35. The Bertz CT molecular complexity index is 264. The first-order valence-electron chi connectivity index (χ1n) is 5.42. The van der Waals surface area contributed by atoms with Crippen LogP contribution in [-0.4, -0.2) is 30.9 Å². The average Bonchev–Trinajstić information content (AvgIpc) is 2.18. The molecule has 6 heteroatoms. The van der Waals surface area contributed by atoms with E-state index in [1.807, 2.05) is 0 Å². The van der Waals surface area contributed by atoms with Crippen molar-refractivity contribution in [3.05, 3.63) is 0 Å². The minimum absolute atomic E-state index is 0.222. The molecule has 0 aromatic rings. The normalized spacial score (nSPS) is 12.6. The second-order valence-corrected chi connectivity index (χ2v) is 6.24. The second kappa shape index (κ2) is 6.38. The van der Waals surface area contributed by atoms with E-state index in [2.05, 4.69) is 0 Å². The van der Waals surface area contributed by atoms with Crippen molar-refractivity contribution in [2.75, 3.05) is 19.8 Å². The molecule has 0 heterocycles. The Labute approximate surface area is 97.0 Å². The minimum Gasteiger partial charge on any atom is -0.465 e. The van der Waals surface area contributed by atoms with E-state index in [0.29, 0.717) is 0 Å². The fourth-order valence-corrected chi connectivity index (χ4v) is 2.81. The quantitative estimate of drug-likeness (QED) is 0.397. The number of carbonyl (C=O) groups excluding carboxylic acids is 1. The first-order valence-corrected chi connectivity index (χ1v) is 6.96. The highest BCUT2D eigenvalue weighted by Gasteiger charge is 2.50. The van der Waals surface area contributed by atoms with E-state index in [1.54, 1.807) is 20.8 Å². The summed E-state index contributed by atoms with van der Waals surface area (Å²) < 4.78 is 27.5. The molecule has 0 radical (unpaired) electrons. The third kappa shape index (κ3) is 3.30. The molecule has 0 aromatic heterocycles. The van der Waals surface area contributed by atoms with Crippen LogP contribution in [0.3, 0.4) is 0 Å². The number of hydrogen-bond donors (Lipinski definition) is 0. The van der Waals surface area contributed by atoms with Crippen LogP contribution in [0.5, 0.6) is 0 Å². The molecule has 0 spiro atoms. The third-order valence-electron chi connectivity index (χ3n) is 2.06. The van der Waals surface area contributed by atoms with Crippen molar-refractivity contribution in [1.29, 1.82) is 0 Å². The van der Waals surface area contributed by atoms with Crippen LogP contribution in [0.15, 0.2) is 0 Å². The van der Waals surface area contributed by atoms with E-state index in [1.165, 1.54) is 13.8 Å². The molecule has 0 rings (SSSR count). The molecule has 0 aromatic carbocycles. The second-order valence-electron chi connectivity index (χ2n) is 3.61. The van der Waals surface area contributed by atoms with Gasteiger partial charge in [0.1, 0.15) is 0 Å². The first kappa shape index (κ1) is 15.6. The van der Waals surface area contributed by atoms with Crippen LogP contribution in [0.2, 0.25) is 0 Å². The van der Waals surface area contributed by atoms with Crippen LogP contribution in [0.1, 0.15) is 34.6 Å². The van der Waals surface area contributed by atoms with Crippen LogP contribution >= 0.6 is 7.60 Å². The average molecular weight is 254 g/mol. The highest BCUT2D eigenvalue weighted by Crippen LogP contribution is 2.60. The van der Waals surface area contributed by atoms with Crippen LogP contribution in [0, 0.1) is 0 Å². The standard InChI is InChI=1S/C10H21O5P/c1-6-13-9(11)10(4,5)16(12,14-7-2)15-8-3/h6-8H2,1-5H3/i9+1,10+1. The van der Waals surface area contributed by atoms with Gasteiger partial charge in [-0.1, -0.05) is 0 Å². The van der Waals surface area contributed by atoms with Gasteiger partial charge in [-0.3, -0.25) is 9.36 Å². The number of rotatable bonds is 7. The van der Waals surface area contributed by atoms with E-state index < -0.39 is 18.7 Å². The van der Waals surface area contributed by atoms with Gasteiger partial charge >= 0.3 is 13.6 Å². The van der Waals surface area contributed by atoms with Crippen molar-refractivity contribution in [3.63, 3.8) is 0 Å². The summed E-state index contributed by atoms with van der Waals surface area (Å²) in [5.74, 6) is -0.569. The zero-order chi connectivity index (χ0) is 12.8. The SMILES string of the molecule is CCO[13C](=O)[13C](C)(C)P(=O)(OCC)OCC. The fraction of sp³-hybridized carbons (Fsp3) is 0.900. The Hall–Kier alpha value is -0.380. The molecular formula is C10H21O5P. The summed E-state index contributed by atoms with van der Waals surface area (Å²) in [5, 5.41) is -1.28. The molecule has 0 aliphatic carbocycles. The zero-order valence-corrected chi connectivity index (χ0v) is 11.5. The summed E-state index contributed by atoms with van der Waals surface area (Å²) in [4.78, 5) is 11.7. The topological polar surface area (TPSA) is 61.8 Å². The van der Waals surface area contributed by atoms with Gasteiger partial charge < -0.3 is 13.8 Å². The monoisotopic (exact) mass is 254 g/mol. The molecule has 0 N–H and O–H groups in total. The molecule has 0 amide bonds. The van der Waals surface area contributed by atoms with Gasteiger partial charge in [-0.05, 0) is 34.6 Å². The Morgan fingerprint density at radius 3 is 1.81 bits per heavy atom. The number of esters is 1. The van der Waals surface area contributed by atoms with Gasteiger partial charge in [0.25, 0.3) is 0 Å². The van der Waals surface area contributed by atoms with Gasteiger partial charge in [0.05, 0.1) is 19.8 Å². The number of hydrogen-bond acceptors (Lipinski definition) is 5. The predicted molar refractivity (Wildman–Crippen MR) is 61.6 cm³/mol. The summed E-state index contributed by atoms with van der Waals surface area (Å²) >= 11 is 0. The molecule has 0 aliphatic heterocycles. The van der Waals surface area contributed by atoms with E-state index in [9.17, 15) is 9.36 Å². The summed E-state index contributed by atoms with van der Waals surface area (Å²) in [7, 11) is -3.48. The minimum atomic E-state index is -3.48. The van der Waals surface area contributed by atoms with Crippen molar-refractivity contribution in [2.45, 2.75) is 39.8 Å². The number of carbonyl (C=O) groups is 1. The molecule has 0 aliphatic rings. The molecule has 5 nitrogen and oxygen atoms in total. The number of ether oxygens (including phenoxy) is 1. The third-order valence-corrected chi connectivity index (χ3v) is 4.81. The zero-order valence-electron chi connectivity index (χ0n) is 10.6. The van der Waals surface area contributed by atoms with E-state index in [0.717, 1.165) is 0 Å².